The van der Waals surface area contributed by atoms with Gasteiger partial charge in [0.2, 0.25) is 5.91 Å². The van der Waals surface area contributed by atoms with E-state index in [1.807, 2.05) is 0 Å². The highest BCUT2D eigenvalue weighted by Crippen LogP contribution is 2.19. The molecule has 0 radical (unpaired) electrons. The van der Waals surface area contributed by atoms with Crippen LogP contribution in [0.4, 0.5) is 4.39 Å². The minimum absolute atomic E-state index is 0.0298. The van der Waals surface area contributed by atoms with Gasteiger partial charge < -0.3 is 21.3 Å². The molecule has 7 nitrogen and oxygen atoms in total. The lowest BCUT2D eigenvalue weighted by Gasteiger charge is -2.34. The van der Waals surface area contributed by atoms with E-state index in [0.29, 0.717) is 19.5 Å². The van der Waals surface area contributed by atoms with E-state index >= 15 is 0 Å². The van der Waals surface area contributed by atoms with E-state index in [0.717, 1.165) is 31.9 Å². The summed E-state index contributed by atoms with van der Waals surface area (Å²) >= 11 is 0. The van der Waals surface area contributed by atoms with Crippen LogP contribution in [-0.4, -0.2) is 55.9 Å². The average molecular weight is 363 g/mol. The zero-order valence-electron chi connectivity index (χ0n) is 15.0. The molecule has 1 aliphatic rings. The highest BCUT2D eigenvalue weighted by molar-refractivity contribution is 5.94. The summed E-state index contributed by atoms with van der Waals surface area (Å²) < 4.78 is 13.6. The molecule has 0 aliphatic carbocycles. The summed E-state index contributed by atoms with van der Waals surface area (Å²) in [4.78, 5) is 29.4. The van der Waals surface area contributed by atoms with Crippen molar-refractivity contribution in [2.75, 3.05) is 33.2 Å². The molecule has 1 aromatic rings. The van der Waals surface area contributed by atoms with E-state index in [2.05, 4.69) is 20.5 Å². The van der Waals surface area contributed by atoms with E-state index in [9.17, 15) is 14.0 Å². The fourth-order valence-corrected chi connectivity index (χ4v) is 3.13. The molecule has 0 aromatic heterocycles. The lowest BCUT2D eigenvalue weighted by atomic mass is 9.95. The number of hydrogen-bond donors (Lipinski definition) is 3. The van der Waals surface area contributed by atoms with Crippen LogP contribution in [-0.2, 0) is 4.79 Å². The molecule has 4 N–H and O–H groups in total. The molecule has 1 saturated heterocycles. The molecule has 1 fully saturated rings. The minimum Gasteiger partial charge on any atom is -0.370 e. The predicted octanol–water partition coefficient (Wildman–Crippen LogP) is 0.718. The van der Waals surface area contributed by atoms with Crippen LogP contribution in [0.5, 0.6) is 0 Å². The fourth-order valence-electron chi connectivity index (χ4n) is 3.13. The van der Waals surface area contributed by atoms with Gasteiger partial charge in [0.05, 0.1) is 5.56 Å². The van der Waals surface area contributed by atoms with Crippen LogP contribution in [0.15, 0.2) is 29.3 Å². The average Bonchev–Trinajstić information content (AvgIpc) is 2.61. The number of carbonyl (C=O) groups excluding carboxylic acids is 2. The number of aliphatic imine (C=N–C) groups is 1. The van der Waals surface area contributed by atoms with Gasteiger partial charge in [-0.05, 0) is 30.9 Å². The Morgan fingerprint density at radius 1 is 1.31 bits per heavy atom. The van der Waals surface area contributed by atoms with Gasteiger partial charge >= 0.3 is 0 Å². The number of nitrogens with zero attached hydrogens (tertiary/aromatic N) is 2. The van der Waals surface area contributed by atoms with Crippen molar-refractivity contribution in [3.63, 3.8) is 0 Å². The van der Waals surface area contributed by atoms with Crippen LogP contribution in [0.2, 0.25) is 0 Å². The van der Waals surface area contributed by atoms with Gasteiger partial charge in [-0.3, -0.25) is 14.6 Å². The van der Waals surface area contributed by atoms with E-state index in [-0.39, 0.29) is 17.4 Å². The van der Waals surface area contributed by atoms with Crippen molar-refractivity contribution < 1.29 is 14.0 Å². The second kappa shape index (κ2) is 9.74. The highest BCUT2D eigenvalue weighted by atomic mass is 19.1. The largest absolute Gasteiger partial charge is 0.370 e. The first-order valence-electron chi connectivity index (χ1n) is 8.78. The molecule has 2 amide bonds. The fraction of sp³-hybridized carbons (Fsp3) is 0.500. The third-order valence-corrected chi connectivity index (χ3v) is 4.33. The van der Waals surface area contributed by atoms with Crippen molar-refractivity contribution in [3.05, 3.63) is 35.6 Å². The number of carbonyl (C=O) groups is 2. The number of hydrogen-bond acceptors (Lipinski definition) is 3. The van der Waals surface area contributed by atoms with Crippen LogP contribution >= 0.6 is 0 Å². The van der Waals surface area contributed by atoms with Gasteiger partial charge in [-0.25, -0.2) is 4.39 Å². The summed E-state index contributed by atoms with van der Waals surface area (Å²) in [5, 5.41) is 5.87. The molecule has 8 heteroatoms. The zero-order chi connectivity index (χ0) is 18.9. The summed E-state index contributed by atoms with van der Waals surface area (Å²) in [6.45, 7) is 2.38. The molecular weight excluding hydrogens is 337 g/mol. The first kappa shape index (κ1) is 19.7. The standard InChI is InChI=1S/C18H26FN5O2/c1-21-18(24-10-4-5-13(12-24)11-16(20)25)23-9-8-22-17(26)14-6-2-3-7-15(14)19/h2-3,6-7,13H,4-5,8-12H2,1H3,(H2,20,25)(H,21,23)(H,22,26). The molecule has 1 atom stereocenters. The summed E-state index contributed by atoms with van der Waals surface area (Å²) in [6.07, 6.45) is 2.34. The number of halogens is 1. The summed E-state index contributed by atoms with van der Waals surface area (Å²) in [5.74, 6) is -0.308. The summed E-state index contributed by atoms with van der Waals surface area (Å²) in [5.41, 5.74) is 5.32. The lowest BCUT2D eigenvalue weighted by Crippen LogP contribution is -2.48. The number of benzene rings is 1. The number of guanidine groups is 1. The topological polar surface area (TPSA) is 99.8 Å². The van der Waals surface area contributed by atoms with Crippen molar-refractivity contribution in [1.29, 1.82) is 0 Å². The maximum atomic E-state index is 13.6. The van der Waals surface area contributed by atoms with E-state index in [4.69, 9.17) is 5.73 Å². The van der Waals surface area contributed by atoms with Gasteiger partial charge in [-0.15, -0.1) is 0 Å². The second-order valence-electron chi connectivity index (χ2n) is 6.33. The molecule has 0 bridgehead atoms. The molecule has 0 saturated carbocycles. The van der Waals surface area contributed by atoms with Crippen LogP contribution in [0, 0.1) is 11.7 Å². The third kappa shape index (κ3) is 5.72. The van der Waals surface area contributed by atoms with Crippen molar-refractivity contribution in [1.82, 2.24) is 15.5 Å². The number of primary amides is 1. The summed E-state index contributed by atoms with van der Waals surface area (Å²) in [6, 6.07) is 5.87. The molecule has 1 unspecified atom stereocenters. The van der Waals surface area contributed by atoms with Crippen LogP contribution in [0.25, 0.3) is 0 Å². The smallest absolute Gasteiger partial charge is 0.254 e. The monoisotopic (exact) mass is 363 g/mol. The van der Waals surface area contributed by atoms with Gasteiger partial charge in [0, 0.05) is 39.6 Å². The van der Waals surface area contributed by atoms with Gasteiger partial charge in [-0.1, -0.05) is 12.1 Å². The third-order valence-electron chi connectivity index (χ3n) is 4.33. The maximum Gasteiger partial charge on any atom is 0.254 e. The molecule has 0 spiro atoms. The molecule has 1 aromatic carbocycles. The first-order chi connectivity index (χ1) is 12.5. The second-order valence-corrected chi connectivity index (χ2v) is 6.33. The Kier molecular flexibility index (Phi) is 7.37. The van der Waals surface area contributed by atoms with Crippen molar-refractivity contribution in [3.8, 4) is 0 Å². The number of amides is 2. The Hall–Kier alpha value is -2.64. The van der Waals surface area contributed by atoms with Crippen molar-refractivity contribution in [2.45, 2.75) is 19.3 Å². The number of likely N-dealkylation sites (tertiary alicyclic amines) is 1. The van der Waals surface area contributed by atoms with Crippen LogP contribution in [0.1, 0.15) is 29.6 Å². The van der Waals surface area contributed by atoms with Crippen LogP contribution in [0.3, 0.4) is 0 Å². The molecule has 1 heterocycles. The molecule has 26 heavy (non-hydrogen) atoms. The Bertz CT molecular complexity index is 665. The number of piperidine rings is 1. The van der Waals surface area contributed by atoms with Gasteiger partial charge in [0.25, 0.3) is 5.91 Å². The maximum absolute atomic E-state index is 13.6. The minimum atomic E-state index is -0.539. The molecular formula is C18H26FN5O2. The Labute approximate surface area is 152 Å². The van der Waals surface area contributed by atoms with Crippen molar-refractivity contribution >= 4 is 17.8 Å². The molecule has 1 aliphatic heterocycles. The van der Waals surface area contributed by atoms with Gasteiger partial charge in [0.1, 0.15) is 5.82 Å². The van der Waals surface area contributed by atoms with E-state index in [1.54, 1.807) is 19.2 Å². The number of nitrogens with two attached hydrogens (primary N) is 1. The normalized spacial score (nSPS) is 17.7. The number of rotatable bonds is 6. The zero-order valence-corrected chi connectivity index (χ0v) is 15.0. The molecule has 2 rings (SSSR count). The SMILES string of the molecule is CN=C(NCCNC(=O)c1ccccc1F)N1CCCC(CC(N)=O)C1. The Morgan fingerprint density at radius 2 is 2.04 bits per heavy atom. The molecule has 142 valence electrons. The van der Waals surface area contributed by atoms with E-state index < -0.39 is 11.7 Å². The van der Waals surface area contributed by atoms with E-state index in [1.165, 1.54) is 12.1 Å². The Morgan fingerprint density at radius 3 is 2.73 bits per heavy atom. The van der Waals surface area contributed by atoms with Crippen LogP contribution < -0.4 is 16.4 Å². The highest BCUT2D eigenvalue weighted by Gasteiger charge is 2.23. The van der Waals surface area contributed by atoms with Gasteiger partial charge in [0.15, 0.2) is 5.96 Å². The first-order valence-corrected chi connectivity index (χ1v) is 8.78. The Balaban J connectivity index is 1.77. The quantitative estimate of drug-likeness (QED) is 0.394. The lowest BCUT2D eigenvalue weighted by molar-refractivity contribution is -0.119. The van der Waals surface area contributed by atoms with Crippen molar-refractivity contribution in [2.24, 2.45) is 16.6 Å². The van der Waals surface area contributed by atoms with Gasteiger partial charge in [-0.2, -0.15) is 0 Å². The number of nitrogens with one attached hydrogen (secondary N) is 2. The summed E-state index contributed by atoms with van der Waals surface area (Å²) in [7, 11) is 1.69. The predicted molar refractivity (Wildman–Crippen MR) is 98.2 cm³/mol.